The zero-order valence-electron chi connectivity index (χ0n) is 16.3. The lowest BCUT2D eigenvalue weighted by atomic mass is 10.0. The van der Waals surface area contributed by atoms with E-state index >= 15 is 0 Å². The van der Waals surface area contributed by atoms with E-state index in [-0.39, 0.29) is 24.1 Å². The molecule has 0 spiro atoms. The highest BCUT2D eigenvalue weighted by molar-refractivity contribution is 6.88. The van der Waals surface area contributed by atoms with Crippen molar-refractivity contribution in [2.45, 2.75) is 45.1 Å². The molecule has 1 fully saturated rings. The summed E-state index contributed by atoms with van der Waals surface area (Å²) in [7, 11) is -1.40. The van der Waals surface area contributed by atoms with Crippen molar-refractivity contribution in [3.8, 4) is 11.3 Å². The van der Waals surface area contributed by atoms with Gasteiger partial charge in [0.2, 0.25) is 11.8 Å². The van der Waals surface area contributed by atoms with Crippen LogP contribution < -0.4 is 10.5 Å². The molecule has 1 saturated heterocycles. The molecule has 0 saturated carbocycles. The molecule has 2 aliphatic rings. The molecule has 144 valence electrons. The number of benzene rings is 1. The number of imide groups is 1. The summed E-state index contributed by atoms with van der Waals surface area (Å²) < 4.78 is 0. The molecule has 6 nitrogen and oxygen atoms in total. The van der Waals surface area contributed by atoms with Gasteiger partial charge in [0.25, 0.3) is 5.91 Å². The molecule has 1 unspecified atom stereocenters. The average Bonchev–Trinajstić information content (AvgIpc) is 2.97. The third-order valence-electron chi connectivity index (χ3n) is 5.45. The van der Waals surface area contributed by atoms with Crippen LogP contribution >= 0.6 is 0 Å². The van der Waals surface area contributed by atoms with Crippen LogP contribution in [0.15, 0.2) is 36.5 Å². The zero-order valence-corrected chi connectivity index (χ0v) is 17.3. The van der Waals surface area contributed by atoms with Crippen LogP contribution in [0.2, 0.25) is 19.6 Å². The summed E-state index contributed by atoms with van der Waals surface area (Å²) in [5.74, 6) is -0.820. The first-order chi connectivity index (χ1) is 13.2. The fourth-order valence-corrected chi connectivity index (χ4v) is 4.78. The van der Waals surface area contributed by atoms with Crippen LogP contribution in [0.4, 0.5) is 0 Å². The number of nitrogens with one attached hydrogen (secondary N) is 1. The van der Waals surface area contributed by atoms with Gasteiger partial charge in [-0.2, -0.15) is 0 Å². The average molecular weight is 394 g/mol. The number of amides is 3. The Morgan fingerprint density at radius 3 is 2.54 bits per heavy atom. The Labute approximate surface area is 165 Å². The summed E-state index contributed by atoms with van der Waals surface area (Å²) in [4.78, 5) is 42.5. The van der Waals surface area contributed by atoms with Crippen molar-refractivity contribution in [2.24, 2.45) is 0 Å². The van der Waals surface area contributed by atoms with Gasteiger partial charge in [0, 0.05) is 30.3 Å². The minimum Gasteiger partial charge on any atom is -0.322 e. The summed E-state index contributed by atoms with van der Waals surface area (Å²) in [6.45, 7) is 7.23. The van der Waals surface area contributed by atoms with Gasteiger partial charge in [-0.25, -0.2) is 0 Å². The van der Waals surface area contributed by atoms with E-state index in [1.54, 1.807) is 4.90 Å². The second-order valence-electron chi connectivity index (χ2n) is 8.45. The second kappa shape index (κ2) is 6.67. The van der Waals surface area contributed by atoms with Gasteiger partial charge in [-0.15, -0.1) is 0 Å². The predicted molar refractivity (Wildman–Crippen MR) is 109 cm³/mol. The molecular formula is C21H23N3O3Si. The third-order valence-corrected chi connectivity index (χ3v) is 7.48. The van der Waals surface area contributed by atoms with Gasteiger partial charge in [0.15, 0.2) is 0 Å². The highest BCUT2D eigenvalue weighted by Gasteiger charge is 2.39. The summed E-state index contributed by atoms with van der Waals surface area (Å²) in [6, 6.07) is 9.28. The maximum absolute atomic E-state index is 12.8. The van der Waals surface area contributed by atoms with Gasteiger partial charge in [-0.05, 0) is 35.4 Å². The first-order valence-corrected chi connectivity index (χ1v) is 13.0. The maximum atomic E-state index is 12.8. The Kier molecular flexibility index (Phi) is 4.42. The van der Waals surface area contributed by atoms with E-state index in [2.05, 4.69) is 36.0 Å². The lowest BCUT2D eigenvalue weighted by Gasteiger charge is -2.29. The molecule has 4 rings (SSSR count). The number of hydrogen-bond acceptors (Lipinski definition) is 4. The van der Waals surface area contributed by atoms with Crippen molar-refractivity contribution in [3.05, 3.63) is 47.7 Å². The molecule has 7 heteroatoms. The smallest absolute Gasteiger partial charge is 0.255 e. The summed E-state index contributed by atoms with van der Waals surface area (Å²) in [5, 5.41) is 3.63. The van der Waals surface area contributed by atoms with Gasteiger partial charge in [-0.3, -0.25) is 24.7 Å². The van der Waals surface area contributed by atoms with E-state index in [1.165, 1.54) is 5.19 Å². The van der Waals surface area contributed by atoms with E-state index in [1.807, 2.05) is 30.5 Å². The quantitative estimate of drug-likeness (QED) is 0.639. The van der Waals surface area contributed by atoms with Crippen molar-refractivity contribution in [3.63, 3.8) is 0 Å². The lowest BCUT2D eigenvalue weighted by Crippen LogP contribution is -2.52. The molecule has 2 aromatic rings. The summed E-state index contributed by atoms with van der Waals surface area (Å²) in [6.07, 6.45) is 2.59. The van der Waals surface area contributed by atoms with E-state index < -0.39 is 14.1 Å². The lowest BCUT2D eigenvalue weighted by molar-refractivity contribution is -0.136. The van der Waals surface area contributed by atoms with Crippen LogP contribution in [-0.2, 0) is 16.1 Å². The van der Waals surface area contributed by atoms with Crippen LogP contribution in [0.1, 0.15) is 28.8 Å². The van der Waals surface area contributed by atoms with Crippen LogP contribution in [0.3, 0.4) is 0 Å². The molecule has 3 heterocycles. The molecule has 0 bridgehead atoms. The first kappa shape index (κ1) is 18.6. The van der Waals surface area contributed by atoms with E-state index in [9.17, 15) is 14.4 Å². The highest BCUT2D eigenvalue weighted by atomic mass is 28.3. The number of rotatable bonds is 3. The number of carbonyl (C=O) groups is 3. The Morgan fingerprint density at radius 1 is 1.11 bits per heavy atom. The molecule has 0 radical (unpaired) electrons. The molecule has 1 aromatic carbocycles. The number of aromatic nitrogens is 1. The predicted octanol–water partition coefficient (Wildman–Crippen LogP) is 2.05. The number of fused-ring (bicyclic) bond motifs is 1. The van der Waals surface area contributed by atoms with E-state index in [0.717, 1.165) is 16.8 Å². The number of hydrogen-bond donors (Lipinski definition) is 1. The Balaban J connectivity index is 1.59. The van der Waals surface area contributed by atoms with Crippen LogP contribution in [-0.4, -0.2) is 41.7 Å². The first-order valence-electron chi connectivity index (χ1n) is 9.48. The molecular weight excluding hydrogens is 370 g/mol. The topological polar surface area (TPSA) is 79.4 Å². The van der Waals surface area contributed by atoms with Crippen LogP contribution in [0, 0.1) is 0 Å². The highest BCUT2D eigenvalue weighted by Crippen LogP contribution is 2.30. The minimum absolute atomic E-state index is 0.155. The van der Waals surface area contributed by atoms with Gasteiger partial charge >= 0.3 is 0 Å². The largest absolute Gasteiger partial charge is 0.322 e. The maximum Gasteiger partial charge on any atom is 0.255 e. The minimum atomic E-state index is -1.40. The molecule has 28 heavy (non-hydrogen) atoms. The fraction of sp³-hybridized carbons (Fsp3) is 0.333. The Morgan fingerprint density at radius 2 is 1.89 bits per heavy atom. The number of piperidine rings is 1. The van der Waals surface area contributed by atoms with E-state index in [4.69, 9.17) is 0 Å². The normalized spacial score (nSPS) is 19.6. The number of carbonyl (C=O) groups excluding carboxylic acids is 3. The van der Waals surface area contributed by atoms with E-state index in [0.29, 0.717) is 18.5 Å². The fourth-order valence-electron chi connectivity index (χ4n) is 3.74. The third kappa shape index (κ3) is 3.26. The number of nitrogens with zero attached hydrogens (tertiary/aromatic N) is 2. The van der Waals surface area contributed by atoms with Crippen molar-refractivity contribution < 1.29 is 14.4 Å². The SMILES string of the molecule is C[Si](C)(C)c1ccc(-c2ccc3c(c2)CN(C2CCC(=O)NC2=O)C3=O)nc1. The molecule has 2 aliphatic heterocycles. The Bertz CT molecular complexity index is 979. The molecule has 1 atom stereocenters. The molecule has 1 N–H and O–H groups in total. The number of pyridine rings is 1. The van der Waals surface area contributed by atoms with Crippen molar-refractivity contribution in [1.82, 2.24) is 15.2 Å². The van der Waals surface area contributed by atoms with Crippen LogP contribution in [0.25, 0.3) is 11.3 Å². The second-order valence-corrected chi connectivity index (χ2v) is 13.5. The van der Waals surface area contributed by atoms with Gasteiger partial charge in [0.05, 0.1) is 13.8 Å². The van der Waals surface area contributed by atoms with Crippen molar-refractivity contribution in [1.29, 1.82) is 0 Å². The van der Waals surface area contributed by atoms with Gasteiger partial charge in [0.1, 0.15) is 6.04 Å². The van der Waals surface area contributed by atoms with Crippen LogP contribution in [0.5, 0.6) is 0 Å². The van der Waals surface area contributed by atoms with Crippen molar-refractivity contribution in [2.75, 3.05) is 0 Å². The molecule has 0 aliphatic carbocycles. The standard InChI is InChI=1S/C21H23N3O3Si/c1-28(2,3)15-5-7-17(22-11-15)13-4-6-16-14(10-13)12-24(21(16)27)18-8-9-19(25)23-20(18)26/h4-7,10-11,18H,8-9,12H2,1-3H3,(H,23,25,26). The van der Waals surface area contributed by atoms with Crippen molar-refractivity contribution >= 4 is 31.0 Å². The molecule has 1 aromatic heterocycles. The van der Waals surface area contributed by atoms with Gasteiger partial charge < -0.3 is 4.90 Å². The summed E-state index contributed by atoms with van der Waals surface area (Å²) >= 11 is 0. The Hall–Kier alpha value is -2.80. The monoisotopic (exact) mass is 393 g/mol. The summed E-state index contributed by atoms with van der Waals surface area (Å²) in [5.41, 5.74) is 3.34. The molecule has 3 amide bonds. The zero-order chi connectivity index (χ0) is 20.1. The van der Waals surface area contributed by atoms with Gasteiger partial charge in [-0.1, -0.05) is 31.8 Å².